The number of nitrogens with zero attached hydrogens (tertiary/aromatic N) is 2. The largest absolute Gasteiger partial charge is 0.371 e. The maximum absolute atomic E-state index is 11.4. The fraction of sp³-hybridized carbons (Fsp3) is 0.500. The molecule has 2 aliphatic rings. The van der Waals surface area contributed by atoms with Crippen molar-refractivity contribution >= 4 is 17.4 Å². The zero-order chi connectivity index (χ0) is 11.0. The standard InChI is InChI=1S/C12H15N3O/c16-11-8-9-10(4-5-13-12(9)14-11)15-6-2-1-3-7-15/h4-5H,1-3,6-8H2,(H,13,14,16). The Morgan fingerprint density at radius 1 is 1.25 bits per heavy atom. The van der Waals surface area contributed by atoms with Crippen molar-refractivity contribution < 1.29 is 4.79 Å². The summed E-state index contributed by atoms with van der Waals surface area (Å²) in [4.78, 5) is 18.0. The molecule has 0 unspecified atom stereocenters. The number of carbonyl (C=O) groups excluding carboxylic acids is 1. The number of hydrogen-bond acceptors (Lipinski definition) is 3. The second-order valence-electron chi connectivity index (χ2n) is 4.43. The quantitative estimate of drug-likeness (QED) is 0.776. The monoisotopic (exact) mass is 217 g/mol. The molecule has 1 aromatic heterocycles. The van der Waals surface area contributed by atoms with Gasteiger partial charge in [0, 0.05) is 30.5 Å². The first-order chi connectivity index (χ1) is 7.84. The summed E-state index contributed by atoms with van der Waals surface area (Å²) in [7, 11) is 0. The maximum atomic E-state index is 11.4. The van der Waals surface area contributed by atoms with Gasteiger partial charge in [-0.1, -0.05) is 0 Å². The van der Waals surface area contributed by atoms with Crippen molar-refractivity contribution in [3.05, 3.63) is 17.8 Å². The fourth-order valence-corrected chi connectivity index (χ4v) is 2.53. The van der Waals surface area contributed by atoms with Crippen LogP contribution in [0.2, 0.25) is 0 Å². The number of aromatic nitrogens is 1. The van der Waals surface area contributed by atoms with Crippen LogP contribution in [0.15, 0.2) is 12.3 Å². The van der Waals surface area contributed by atoms with E-state index in [-0.39, 0.29) is 5.91 Å². The maximum Gasteiger partial charge on any atom is 0.230 e. The Balaban J connectivity index is 1.95. The predicted molar refractivity (Wildman–Crippen MR) is 62.6 cm³/mol. The molecule has 84 valence electrons. The van der Waals surface area contributed by atoms with Gasteiger partial charge in [-0.15, -0.1) is 0 Å². The molecule has 1 amide bonds. The van der Waals surface area contributed by atoms with Crippen LogP contribution in [0.25, 0.3) is 0 Å². The van der Waals surface area contributed by atoms with E-state index in [1.807, 2.05) is 6.07 Å². The molecule has 2 aliphatic heterocycles. The van der Waals surface area contributed by atoms with Crippen LogP contribution in [0.3, 0.4) is 0 Å². The summed E-state index contributed by atoms with van der Waals surface area (Å²) >= 11 is 0. The van der Waals surface area contributed by atoms with Crippen LogP contribution in [0.4, 0.5) is 11.5 Å². The lowest BCUT2D eigenvalue weighted by Gasteiger charge is -2.30. The van der Waals surface area contributed by atoms with Gasteiger partial charge in [0.1, 0.15) is 5.82 Å². The van der Waals surface area contributed by atoms with E-state index < -0.39 is 0 Å². The number of carbonyl (C=O) groups is 1. The van der Waals surface area contributed by atoms with Gasteiger partial charge in [0.15, 0.2) is 0 Å². The zero-order valence-corrected chi connectivity index (χ0v) is 9.20. The van der Waals surface area contributed by atoms with E-state index in [9.17, 15) is 4.79 Å². The second kappa shape index (κ2) is 3.77. The van der Waals surface area contributed by atoms with Gasteiger partial charge in [-0.3, -0.25) is 4.79 Å². The fourth-order valence-electron chi connectivity index (χ4n) is 2.53. The third-order valence-electron chi connectivity index (χ3n) is 3.32. The van der Waals surface area contributed by atoms with Crippen LogP contribution in [0.1, 0.15) is 24.8 Å². The van der Waals surface area contributed by atoms with E-state index >= 15 is 0 Å². The van der Waals surface area contributed by atoms with Crippen molar-refractivity contribution in [2.45, 2.75) is 25.7 Å². The van der Waals surface area contributed by atoms with E-state index in [0.29, 0.717) is 6.42 Å². The molecule has 0 bridgehead atoms. The molecule has 4 nitrogen and oxygen atoms in total. The molecule has 4 heteroatoms. The van der Waals surface area contributed by atoms with E-state index in [2.05, 4.69) is 15.2 Å². The average molecular weight is 217 g/mol. The zero-order valence-electron chi connectivity index (χ0n) is 9.20. The highest BCUT2D eigenvalue weighted by molar-refractivity contribution is 6.00. The molecule has 16 heavy (non-hydrogen) atoms. The molecule has 0 spiro atoms. The number of piperidine rings is 1. The summed E-state index contributed by atoms with van der Waals surface area (Å²) in [6, 6.07) is 2.03. The normalized spacial score (nSPS) is 19.5. The van der Waals surface area contributed by atoms with Crippen molar-refractivity contribution in [2.75, 3.05) is 23.3 Å². The van der Waals surface area contributed by atoms with E-state index in [1.165, 1.54) is 24.9 Å². The number of hydrogen-bond donors (Lipinski definition) is 1. The van der Waals surface area contributed by atoms with Gasteiger partial charge in [0.25, 0.3) is 0 Å². The number of pyridine rings is 1. The van der Waals surface area contributed by atoms with Crippen LogP contribution in [-0.4, -0.2) is 24.0 Å². The van der Waals surface area contributed by atoms with Crippen molar-refractivity contribution in [1.82, 2.24) is 4.98 Å². The van der Waals surface area contributed by atoms with Gasteiger partial charge in [0.05, 0.1) is 6.42 Å². The van der Waals surface area contributed by atoms with Gasteiger partial charge in [-0.25, -0.2) is 4.98 Å². The Bertz CT molecular complexity index is 424. The van der Waals surface area contributed by atoms with Gasteiger partial charge in [-0.2, -0.15) is 0 Å². The van der Waals surface area contributed by atoms with E-state index in [0.717, 1.165) is 24.5 Å². The molecular formula is C12H15N3O. The third kappa shape index (κ3) is 1.54. The van der Waals surface area contributed by atoms with Crippen molar-refractivity contribution in [3.8, 4) is 0 Å². The van der Waals surface area contributed by atoms with E-state index in [4.69, 9.17) is 0 Å². The molecule has 0 radical (unpaired) electrons. The number of amides is 1. The van der Waals surface area contributed by atoms with Gasteiger partial charge < -0.3 is 10.2 Å². The van der Waals surface area contributed by atoms with Crippen molar-refractivity contribution in [1.29, 1.82) is 0 Å². The van der Waals surface area contributed by atoms with E-state index in [1.54, 1.807) is 6.20 Å². The molecule has 0 atom stereocenters. The first kappa shape index (κ1) is 9.63. The highest BCUT2D eigenvalue weighted by Crippen LogP contribution is 2.31. The second-order valence-corrected chi connectivity index (χ2v) is 4.43. The summed E-state index contributed by atoms with van der Waals surface area (Å²) in [5, 5.41) is 2.80. The van der Waals surface area contributed by atoms with Crippen LogP contribution in [0, 0.1) is 0 Å². The number of rotatable bonds is 1. The first-order valence-electron chi connectivity index (χ1n) is 5.87. The van der Waals surface area contributed by atoms with Crippen molar-refractivity contribution in [2.24, 2.45) is 0 Å². The Labute approximate surface area is 94.7 Å². The highest BCUT2D eigenvalue weighted by Gasteiger charge is 2.24. The lowest BCUT2D eigenvalue weighted by Crippen LogP contribution is -2.30. The van der Waals surface area contributed by atoms with Gasteiger partial charge in [0.2, 0.25) is 5.91 Å². The Kier molecular flexibility index (Phi) is 2.27. The summed E-state index contributed by atoms with van der Waals surface area (Å²) in [5.41, 5.74) is 2.28. The minimum atomic E-state index is 0.0620. The minimum Gasteiger partial charge on any atom is -0.371 e. The van der Waals surface area contributed by atoms with Gasteiger partial charge >= 0.3 is 0 Å². The SMILES string of the molecule is O=C1Cc2c(N3CCCCC3)ccnc2N1. The summed E-state index contributed by atoms with van der Waals surface area (Å²) in [5.74, 6) is 0.819. The number of fused-ring (bicyclic) bond motifs is 1. The lowest BCUT2D eigenvalue weighted by atomic mass is 10.1. The highest BCUT2D eigenvalue weighted by atomic mass is 16.1. The molecule has 1 aromatic rings. The minimum absolute atomic E-state index is 0.0620. The lowest BCUT2D eigenvalue weighted by molar-refractivity contribution is -0.115. The Morgan fingerprint density at radius 2 is 2.06 bits per heavy atom. The molecule has 0 aromatic carbocycles. The molecular weight excluding hydrogens is 202 g/mol. The summed E-state index contributed by atoms with van der Waals surface area (Å²) in [6.07, 6.45) is 6.08. The third-order valence-corrected chi connectivity index (χ3v) is 3.32. The van der Waals surface area contributed by atoms with Crippen LogP contribution >= 0.6 is 0 Å². The molecule has 3 heterocycles. The smallest absolute Gasteiger partial charge is 0.230 e. The topological polar surface area (TPSA) is 45.2 Å². The molecule has 1 N–H and O–H groups in total. The van der Waals surface area contributed by atoms with Crippen LogP contribution in [0.5, 0.6) is 0 Å². The molecule has 0 saturated carbocycles. The summed E-state index contributed by atoms with van der Waals surface area (Å²) in [6.45, 7) is 2.20. The molecule has 3 rings (SSSR count). The molecule has 1 saturated heterocycles. The van der Waals surface area contributed by atoms with Gasteiger partial charge in [-0.05, 0) is 25.3 Å². The molecule has 0 aliphatic carbocycles. The van der Waals surface area contributed by atoms with Crippen LogP contribution in [-0.2, 0) is 11.2 Å². The summed E-state index contributed by atoms with van der Waals surface area (Å²) < 4.78 is 0. The molecule has 1 fully saturated rings. The van der Waals surface area contributed by atoms with Crippen molar-refractivity contribution in [3.63, 3.8) is 0 Å². The predicted octanol–water partition coefficient (Wildman–Crippen LogP) is 1.57. The van der Waals surface area contributed by atoms with Crippen LogP contribution < -0.4 is 10.2 Å². The Hall–Kier alpha value is -1.58. The first-order valence-corrected chi connectivity index (χ1v) is 5.87. The number of nitrogens with one attached hydrogen (secondary N) is 1. The average Bonchev–Trinajstić information content (AvgIpc) is 2.70. The Morgan fingerprint density at radius 3 is 2.88 bits per heavy atom. The number of anilines is 2.